The van der Waals surface area contributed by atoms with Crippen molar-refractivity contribution in [3.63, 3.8) is 0 Å². The van der Waals surface area contributed by atoms with Gasteiger partial charge in [-0.3, -0.25) is 4.90 Å². The molecule has 2 aliphatic heterocycles. The number of H-pyrrole nitrogens is 1. The predicted molar refractivity (Wildman–Crippen MR) is 141 cm³/mol. The lowest BCUT2D eigenvalue weighted by Gasteiger charge is -2.42. The van der Waals surface area contributed by atoms with Crippen LogP contribution in [0.5, 0.6) is 0 Å². The van der Waals surface area contributed by atoms with Crippen molar-refractivity contribution in [2.45, 2.75) is 37.0 Å². The van der Waals surface area contributed by atoms with Crippen molar-refractivity contribution in [2.24, 2.45) is 0 Å². The number of likely N-dealkylation sites (tertiary alicyclic amines) is 1. The number of piperidine rings is 1. The molecule has 8 nitrogen and oxygen atoms in total. The lowest BCUT2D eigenvalue weighted by atomic mass is 10.0. The molecule has 2 atom stereocenters. The Morgan fingerprint density at radius 2 is 1.81 bits per heavy atom. The summed E-state index contributed by atoms with van der Waals surface area (Å²) >= 11 is 6.55. The number of aromatic nitrogens is 4. The largest absolute Gasteiger partial charge is 0.418 e. The van der Waals surface area contributed by atoms with Crippen LogP contribution in [0.25, 0.3) is 11.0 Å². The zero-order valence-electron chi connectivity index (χ0n) is 21.5. The number of aromatic amines is 1. The minimum Gasteiger partial charge on any atom is -0.378 e. The molecule has 16 heteroatoms. The third-order valence-corrected chi connectivity index (χ3v) is 7.78. The van der Waals surface area contributed by atoms with Gasteiger partial charge in [0.25, 0.3) is 0 Å². The lowest BCUT2D eigenvalue weighted by Crippen LogP contribution is -2.55. The molecular weight excluding hydrogens is 595 g/mol. The first-order chi connectivity index (χ1) is 19.9. The molecule has 42 heavy (non-hydrogen) atoms. The minimum absolute atomic E-state index is 0.0191. The molecular formula is C26H23ClF7N7O. The summed E-state index contributed by atoms with van der Waals surface area (Å²) in [6.07, 6.45) is -8.14. The lowest BCUT2D eigenvalue weighted by molar-refractivity contribution is -0.137. The molecule has 0 aliphatic carbocycles. The minimum atomic E-state index is -4.77. The van der Waals surface area contributed by atoms with Gasteiger partial charge in [0.05, 0.1) is 59.4 Å². The normalized spacial score (nSPS) is 20.6. The molecule has 2 fully saturated rings. The van der Waals surface area contributed by atoms with Crippen LogP contribution in [0.4, 0.5) is 53.6 Å². The van der Waals surface area contributed by atoms with Gasteiger partial charge in [-0.15, -0.1) is 0 Å². The van der Waals surface area contributed by atoms with Crippen molar-refractivity contribution < 1.29 is 35.5 Å². The topological polar surface area (TPSA) is 83.0 Å². The fourth-order valence-corrected chi connectivity index (χ4v) is 5.47. The van der Waals surface area contributed by atoms with Gasteiger partial charge in [-0.05, 0) is 24.6 Å². The highest BCUT2D eigenvalue weighted by molar-refractivity contribution is 6.32. The molecule has 2 aliphatic rings. The molecule has 0 unspecified atom stereocenters. The molecule has 1 aromatic carbocycles. The standard InChI is InChI=1S/C26H23ClF7N7O/c27-23-19(9-36-41(23)20-4-5-40(10-17(20)28)15-11-42-12-15)38-21-7-18(22-16(26(32,33)34)8-35-24(22)39-21)37-14-3-1-2-13(6-14)25(29,30)31/h1-3,6-9,15,17,20H,4-5,10-12H2,(H3,35,37,38,39)/t17-,20-/m0/s1. The van der Waals surface area contributed by atoms with E-state index in [0.29, 0.717) is 26.2 Å². The molecule has 3 N–H and O–H groups in total. The fraction of sp³-hybridized carbons (Fsp3) is 0.385. The quantitative estimate of drug-likeness (QED) is 0.204. The van der Waals surface area contributed by atoms with Crippen LogP contribution in [0.15, 0.2) is 42.7 Å². The highest BCUT2D eigenvalue weighted by Gasteiger charge is 2.38. The number of benzene rings is 1. The molecule has 0 saturated carbocycles. The van der Waals surface area contributed by atoms with Crippen molar-refractivity contribution >= 4 is 45.5 Å². The number of alkyl halides is 7. The number of rotatable bonds is 6. The van der Waals surface area contributed by atoms with Crippen LogP contribution in [-0.2, 0) is 17.1 Å². The van der Waals surface area contributed by atoms with Gasteiger partial charge in [0.15, 0.2) is 5.15 Å². The van der Waals surface area contributed by atoms with E-state index in [2.05, 4.69) is 25.7 Å². The summed E-state index contributed by atoms with van der Waals surface area (Å²) in [6, 6.07) is 4.86. The maximum Gasteiger partial charge on any atom is 0.418 e. The van der Waals surface area contributed by atoms with Gasteiger partial charge in [0.2, 0.25) is 0 Å². The number of nitrogens with one attached hydrogen (secondary N) is 3. The van der Waals surface area contributed by atoms with Gasteiger partial charge in [0, 0.05) is 31.0 Å². The summed E-state index contributed by atoms with van der Waals surface area (Å²) in [5.74, 6) is 0.0191. The zero-order chi connectivity index (χ0) is 29.8. The van der Waals surface area contributed by atoms with E-state index in [-0.39, 0.29) is 51.7 Å². The van der Waals surface area contributed by atoms with E-state index in [1.807, 2.05) is 4.90 Å². The second-order valence-corrected chi connectivity index (χ2v) is 10.5. The van der Waals surface area contributed by atoms with E-state index in [1.54, 1.807) is 0 Å². The molecule has 3 aromatic heterocycles. The van der Waals surface area contributed by atoms with Crippen LogP contribution in [0.1, 0.15) is 23.6 Å². The number of ether oxygens (including phenoxy) is 1. The molecule has 6 rings (SSSR count). The van der Waals surface area contributed by atoms with Crippen LogP contribution < -0.4 is 10.6 Å². The van der Waals surface area contributed by atoms with Crippen LogP contribution in [0, 0.1) is 0 Å². The van der Waals surface area contributed by atoms with Gasteiger partial charge < -0.3 is 20.4 Å². The van der Waals surface area contributed by atoms with Gasteiger partial charge in [-0.2, -0.15) is 31.4 Å². The third-order valence-electron chi connectivity index (χ3n) is 7.40. The molecule has 2 saturated heterocycles. The van der Waals surface area contributed by atoms with E-state index in [0.717, 1.165) is 24.4 Å². The third kappa shape index (κ3) is 5.47. The van der Waals surface area contributed by atoms with Gasteiger partial charge >= 0.3 is 12.4 Å². The Balaban J connectivity index is 1.30. The monoisotopic (exact) mass is 617 g/mol. The highest BCUT2D eigenvalue weighted by Crippen LogP contribution is 2.41. The van der Waals surface area contributed by atoms with Crippen LogP contribution >= 0.6 is 11.6 Å². The molecule has 5 heterocycles. The Kier molecular flexibility index (Phi) is 7.22. The van der Waals surface area contributed by atoms with E-state index in [9.17, 15) is 26.3 Å². The molecule has 0 bridgehead atoms. The van der Waals surface area contributed by atoms with E-state index >= 15 is 4.39 Å². The number of halogens is 8. The predicted octanol–water partition coefficient (Wildman–Crippen LogP) is 6.92. The second-order valence-electron chi connectivity index (χ2n) is 10.2. The average Bonchev–Trinajstić information content (AvgIpc) is 3.47. The van der Waals surface area contributed by atoms with Crippen LogP contribution in [0.2, 0.25) is 5.15 Å². The summed E-state index contributed by atoms with van der Waals surface area (Å²) in [6.45, 7) is 1.98. The smallest absolute Gasteiger partial charge is 0.378 e. The van der Waals surface area contributed by atoms with Crippen molar-refractivity contribution in [1.82, 2.24) is 24.6 Å². The Hall–Kier alpha value is -3.56. The van der Waals surface area contributed by atoms with Gasteiger partial charge in [-0.1, -0.05) is 17.7 Å². The Morgan fingerprint density at radius 3 is 2.48 bits per heavy atom. The fourth-order valence-electron chi connectivity index (χ4n) is 5.21. The van der Waals surface area contributed by atoms with E-state index in [4.69, 9.17) is 16.3 Å². The molecule has 0 spiro atoms. The Morgan fingerprint density at radius 1 is 1.02 bits per heavy atom. The first-order valence-electron chi connectivity index (χ1n) is 12.9. The molecule has 0 radical (unpaired) electrons. The Bertz CT molecular complexity index is 1600. The molecule has 224 valence electrons. The molecule has 0 amide bonds. The van der Waals surface area contributed by atoms with Gasteiger partial charge in [0.1, 0.15) is 17.6 Å². The zero-order valence-corrected chi connectivity index (χ0v) is 22.3. The van der Waals surface area contributed by atoms with E-state index in [1.165, 1.54) is 23.0 Å². The summed E-state index contributed by atoms with van der Waals surface area (Å²) in [7, 11) is 0. The van der Waals surface area contributed by atoms with Crippen molar-refractivity contribution in [3.05, 3.63) is 59.0 Å². The number of anilines is 4. The van der Waals surface area contributed by atoms with Crippen LogP contribution in [-0.4, -0.2) is 63.2 Å². The van der Waals surface area contributed by atoms with Crippen molar-refractivity contribution in [3.8, 4) is 0 Å². The maximum atomic E-state index is 15.1. The van der Waals surface area contributed by atoms with Gasteiger partial charge in [-0.25, -0.2) is 14.1 Å². The number of nitrogens with zero attached hydrogens (tertiary/aromatic N) is 4. The first kappa shape index (κ1) is 28.6. The summed E-state index contributed by atoms with van der Waals surface area (Å²) < 4.78 is 103. The van der Waals surface area contributed by atoms with Crippen molar-refractivity contribution in [1.29, 1.82) is 0 Å². The SMILES string of the molecule is F[C@H]1CN(C2COC2)CC[C@@H]1n1ncc(Nc2cc(Nc3cccc(C(F)(F)F)c3)c3c(C(F)(F)F)c[nH]c3n2)c1Cl. The van der Waals surface area contributed by atoms with E-state index < -0.39 is 35.7 Å². The summed E-state index contributed by atoms with van der Waals surface area (Å²) in [5, 5.41) is 9.51. The number of fused-ring (bicyclic) bond motifs is 1. The number of hydrogen-bond donors (Lipinski definition) is 3. The highest BCUT2D eigenvalue weighted by atomic mass is 35.5. The summed E-state index contributed by atoms with van der Waals surface area (Å²) in [4.78, 5) is 8.72. The molecule has 4 aromatic rings. The van der Waals surface area contributed by atoms with Crippen LogP contribution in [0.3, 0.4) is 0 Å². The Labute approximate surface area is 238 Å². The maximum absolute atomic E-state index is 15.1. The first-order valence-corrected chi connectivity index (χ1v) is 13.3. The summed E-state index contributed by atoms with van der Waals surface area (Å²) in [5.41, 5.74) is -2.23. The second kappa shape index (κ2) is 10.6. The number of pyridine rings is 1. The average molecular weight is 618 g/mol. The van der Waals surface area contributed by atoms with Crippen molar-refractivity contribution in [2.75, 3.05) is 36.9 Å². The number of hydrogen-bond acceptors (Lipinski definition) is 6.